The molecule has 0 aromatic rings. The molecule has 6 nitrogen and oxygen atoms in total. The van der Waals surface area contributed by atoms with E-state index < -0.39 is 0 Å². The molecule has 0 bridgehead atoms. The van der Waals surface area contributed by atoms with Crippen LogP contribution in [-0.4, -0.2) is 49.4 Å². The molecule has 0 spiro atoms. The molecule has 0 aromatic carbocycles. The Morgan fingerprint density at radius 1 is 1.56 bits per heavy atom. The van der Waals surface area contributed by atoms with Crippen molar-refractivity contribution in [3.63, 3.8) is 0 Å². The summed E-state index contributed by atoms with van der Waals surface area (Å²) in [6.07, 6.45) is 2.37. The molecule has 1 aliphatic rings. The first-order valence-corrected chi connectivity index (χ1v) is 5.24. The number of esters is 1. The molecule has 1 atom stereocenters. The van der Waals surface area contributed by atoms with Crippen molar-refractivity contribution in [3.05, 3.63) is 0 Å². The fraction of sp³-hybridized carbons (Fsp3) is 0.700. The van der Waals surface area contributed by atoms with Crippen LogP contribution in [0.1, 0.15) is 19.3 Å². The maximum absolute atomic E-state index is 11.6. The van der Waals surface area contributed by atoms with Crippen LogP contribution >= 0.6 is 0 Å². The second-order valence-corrected chi connectivity index (χ2v) is 3.62. The van der Waals surface area contributed by atoms with Gasteiger partial charge in [0, 0.05) is 13.1 Å². The maximum Gasteiger partial charge on any atom is 0.307 e. The van der Waals surface area contributed by atoms with Crippen molar-refractivity contribution in [2.24, 2.45) is 0 Å². The lowest BCUT2D eigenvalue weighted by atomic mass is 10.2. The number of hydrogen-bond donors (Lipinski definition) is 1. The summed E-state index contributed by atoms with van der Waals surface area (Å²) in [7, 11) is 1.30. The Hall–Kier alpha value is -1.59. The molecular formula is C10H16N2O4. The number of ether oxygens (including phenoxy) is 1. The van der Waals surface area contributed by atoms with Gasteiger partial charge in [-0.15, -0.1) is 0 Å². The third-order valence-electron chi connectivity index (χ3n) is 2.59. The van der Waals surface area contributed by atoms with E-state index in [4.69, 9.17) is 0 Å². The van der Waals surface area contributed by atoms with Crippen molar-refractivity contribution in [3.8, 4) is 0 Å². The van der Waals surface area contributed by atoms with E-state index in [1.165, 1.54) is 12.0 Å². The molecule has 0 radical (unpaired) electrons. The zero-order valence-corrected chi connectivity index (χ0v) is 9.27. The van der Waals surface area contributed by atoms with Crippen LogP contribution in [0.15, 0.2) is 0 Å². The number of carbonyl (C=O) groups excluding carboxylic acids is 3. The highest BCUT2D eigenvalue weighted by Gasteiger charge is 2.29. The summed E-state index contributed by atoms with van der Waals surface area (Å²) in [4.78, 5) is 34.5. The first-order valence-electron chi connectivity index (χ1n) is 5.24. The van der Waals surface area contributed by atoms with E-state index in [1.807, 2.05) is 0 Å². The number of carbonyl (C=O) groups is 3. The highest BCUT2D eigenvalue weighted by atomic mass is 16.5. The van der Waals surface area contributed by atoms with Gasteiger partial charge in [-0.3, -0.25) is 14.4 Å². The zero-order valence-electron chi connectivity index (χ0n) is 9.27. The standard InChI is InChI=1S/C10H16N2O4/c1-16-9(14)4-5-11-10(15)8-3-2-6-12(8)7-13/h7-8H,2-6H2,1H3,(H,11,15). The van der Waals surface area contributed by atoms with E-state index in [0.717, 1.165) is 6.42 Å². The molecule has 1 aliphatic heterocycles. The summed E-state index contributed by atoms with van der Waals surface area (Å²) in [5.41, 5.74) is 0. The SMILES string of the molecule is COC(=O)CCNC(=O)C1CCCN1C=O. The van der Waals surface area contributed by atoms with Crippen molar-refractivity contribution in [1.82, 2.24) is 10.2 Å². The number of nitrogens with one attached hydrogen (secondary N) is 1. The van der Waals surface area contributed by atoms with Crippen LogP contribution in [-0.2, 0) is 19.1 Å². The minimum atomic E-state index is -0.379. The first-order chi connectivity index (χ1) is 7.69. The summed E-state index contributed by atoms with van der Waals surface area (Å²) in [6.45, 7) is 0.868. The van der Waals surface area contributed by atoms with Crippen molar-refractivity contribution in [1.29, 1.82) is 0 Å². The second-order valence-electron chi connectivity index (χ2n) is 3.62. The van der Waals surface area contributed by atoms with Gasteiger partial charge in [0.05, 0.1) is 13.5 Å². The molecule has 2 amide bonds. The summed E-state index contributed by atoms with van der Waals surface area (Å²) in [6, 6.07) is -0.379. The van der Waals surface area contributed by atoms with Gasteiger partial charge in [0.15, 0.2) is 0 Å². The molecule has 1 unspecified atom stereocenters. The quantitative estimate of drug-likeness (QED) is 0.498. The zero-order chi connectivity index (χ0) is 12.0. The van der Waals surface area contributed by atoms with Gasteiger partial charge in [-0.25, -0.2) is 0 Å². The molecule has 1 rings (SSSR count). The third kappa shape index (κ3) is 3.22. The maximum atomic E-state index is 11.6. The Labute approximate surface area is 93.9 Å². The van der Waals surface area contributed by atoms with Gasteiger partial charge in [0.25, 0.3) is 0 Å². The second kappa shape index (κ2) is 6.09. The van der Waals surface area contributed by atoms with Gasteiger partial charge in [0.1, 0.15) is 6.04 Å². The summed E-state index contributed by atoms with van der Waals surface area (Å²) >= 11 is 0. The minimum absolute atomic E-state index is 0.149. The number of rotatable bonds is 5. The van der Waals surface area contributed by atoms with E-state index in [9.17, 15) is 14.4 Å². The van der Waals surface area contributed by atoms with Gasteiger partial charge in [0.2, 0.25) is 12.3 Å². The van der Waals surface area contributed by atoms with Crippen LogP contribution in [0.5, 0.6) is 0 Å². The van der Waals surface area contributed by atoms with Gasteiger partial charge >= 0.3 is 5.97 Å². The highest BCUT2D eigenvalue weighted by molar-refractivity contribution is 5.84. The number of likely N-dealkylation sites (tertiary alicyclic amines) is 1. The largest absolute Gasteiger partial charge is 0.469 e. The molecule has 16 heavy (non-hydrogen) atoms. The van der Waals surface area contributed by atoms with E-state index in [2.05, 4.69) is 10.1 Å². The molecule has 6 heteroatoms. The average Bonchev–Trinajstić information content (AvgIpc) is 2.76. The minimum Gasteiger partial charge on any atom is -0.469 e. The summed E-state index contributed by atoms with van der Waals surface area (Å²) in [5, 5.41) is 2.61. The predicted molar refractivity (Wildman–Crippen MR) is 55.4 cm³/mol. The van der Waals surface area contributed by atoms with Crippen molar-refractivity contribution in [2.45, 2.75) is 25.3 Å². The van der Waals surface area contributed by atoms with Crippen LogP contribution in [0.25, 0.3) is 0 Å². The number of hydrogen-bond acceptors (Lipinski definition) is 4. The topological polar surface area (TPSA) is 75.7 Å². The Bertz CT molecular complexity index is 280. The van der Waals surface area contributed by atoms with Crippen LogP contribution in [0.3, 0.4) is 0 Å². The van der Waals surface area contributed by atoms with Gasteiger partial charge in [-0.1, -0.05) is 0 Å². The van der Waals surface area contributed by atoms with Gasteiger partial charge < -0.3 is 15.0 Å². The Kier molecular flexibility index (Phi) is 4.75. The summed E-state index contributed by atoms with van der Waals surface area (Å²) < 4.78 is 4.44. The molecule has 90 valence electrons. The van der Waals surface area contributed by atoms with Crippen molar-refractivity contribution < 1.29 is 19.1 Å². The van der Waals surface area contributed by atoms with Crippen LogP contribution in [0.4, 0.5) is 0 Å². The third-order valence-corrected chi connectivity index (χ3v) is 2.59. The van der Waals surface area contributed by atoms with Crippen LogP contribution in [0.2, 0.25) is 0 Å². The smallest absolute Gasteiger partial charge is 0.307 e. The fourth-order valence-corrected chi connectivity index (χ4v) is 1.70. The fourth-order valence-electron chi connectivity index (χ4n) is 1.70. The molecule has 1 heterocycles. The lowest BCUT2D eigenvalue weighted by Gasteiger charge is -2.18. The van der Waals surface area contributed by atoms with Crippen LogP contribution in [0, 0.1) is 0 Å². The Balaban J connectivity index is 2.29. The monoisotopic (exact) mass is 228 g/mol. The molecule has 1 saturated heterocycles. The van der Waals surface area contributed by atoms with Gasteiger partial charge in [-0.05, 0) is 12.8 Å². The van der Waals surface area contributed by atoms with E-state index >= 15 is 0 Å². The van der Waals surface area contributed by atoms with Crippen LogP contribution < -0.4 is 5.32 Å². The molecule has 0 saturated carbocycles. The van der Waals surface area contributed by atoms with E-state index in [0.29, 0.717) is 19.4 Å². The molecule has 0 aliphatic carbocycles. The van der Waals surface area contributed by atoms with E-state index in [1.54, 1.807) is 0 Å². The summed E-state index contributed by atoms with van der Waals surface area (Å²) in [5.74, 6) is -0.563. The van der Waals surface area contributed by atoms with Crippen molar-refractivity contribution in [2.75, 3.05) is 20.2 Å². The van der Waals surface area contributed by atoms with Gasteiger partial charge in [-0.2, -0.15) is 0 Å². The molecule has 1 N–H and O–H groups in total. The van der Waals surface area contributed by atoms with E-state index in [-0.39, 0.29) is 30.9 Å². The number of methoxy groups -OCH3 is 1. The molecule has 0 aromatic heterocycles. The normalized spacial score (nSPS) is 19.3. The number of nitrogens with zero attached hydrogens (tertiary/aromatic N) is 1. The lowest BCUT2D eigenvalue weighted by molar-refractivity contribution is -0.140. The van der Waals surface area contributed by atoms with Crippen molar-refractivity contribution >= 4 is 18.3 Å². The Morgan fingerprint density at radius 3 is 2.94 bits per heavy atom. The first kappa shape index (κ1) is 12.5. The predicted octanol–water partition coefficient (Wildman–Crippen LogP) is -0.713. The lowest BCUT2D eigenvalue weighted by Crippen LogP contribution is -2.43. The average molecular weight is 228 g/mol. The Morgan fingerprint density at radius 2 is 2.31 bits per heavy atom. The molecule has 1 fully saturated rings. The highest BCUT2D eigenvalue weighted by Crippen LogP contribution is 2.14. The number of amides is 2. The molecular weight excluding hydrogens is 212 g/mol.